The van der Waals surface area contributed by atoms with Crippen molar-refractivity contribution in [1.82, 2.24) is 46.4 Å². The summed E-state index contributed by atoms with van der Waals surface area (Å²) in [5.41, 5.74) is 4.48. The lowest BCUT2D eigenvalue weighted by atomic mass is 9.76. The summed E-state index contributed by atoms with van der Waals surface area (Å²) in [4.78, 5) is 120. The molecule has 1 aliphatic carbocycles. The molecule has 1 heterocycles. The number of carbonyl (C=O) groups is 9. The first-order valence-corrected chi connectivity index (χ1v) is 28.5. The minimum atomic E-state index is -4.44. The van der Waals surface area contributed by atoms with Crippen LogP contribution in [-0.4, -0.2) is 129 Å². The largest absolute Gasteiger partial charge is 0.352 e. The number of sulfonamides is 1. The number of nitrogens with zero attached hydrogens (tertiary/aromatic N) is 2. The van der Waals surface area contributed by atoms with Crippen LogP contribution < -0.4 is 42.4 Å². The van der Waals surface area contributed by atoms with Crippen LogP contribution in [0, 0.1) is 17.3 Å². The number of likely N-dealkylation sites (N-methyl/N-ethyl adjacent to an activating group) is 2. The lowest BCUT2D eigenvalue weighted by Gasteiger charge is -2.40. The van der Waals surface area contributed by atoms with Crippen molar-refractivity contribution < 1.29 is 51.6 Å². The topological polar surface area (TPSA) is 304 Å². The third-order valence-electron chi connectivity index (χ3n) is 14.6. The number of benzene rings is 2. The van der Waals surface area contributed by atoms with Crippen LogP contribution in [0.15, 0.2) is 83.3 Å². The number of urea groups is 1. The molecule has 434 valence electrons. The highest BCUT2D eigenvalue weighted by Gasteiger charge is 2.47. The second-order valence-electron chi connectivity index (χ2n) is 22.9. The zero-order valence-corrected chi connectivity index (χ0v) is 48.7. The Morgan fingerprint density at radius 1 is 0.772 bits per heavy atom. The number of nitrogens with one attached hydrogen (secondary N) is 7. The summed E-state index contributed by atoms with van der Waals surface area (Å²) >= 11 is 0. The Labute approximate surface area is 465 Å². The van der Waals surface area contributed by atoms with Crippen molar-refractivity contribution in [2.75, 3.05) is 27.2 Å². The number of primary amides is 1. The van der Waals surface area contributed by atoms with E-state index in [1.807, 2.05) is 78.8 Å². The first-order valence-electron chi connectivity index (χ1n) is 27.0. The molecule has 5 unspecified atom stereocenters. The summed E-state index contributed by atoms with van der Waals surface area (Å²) in [7, 11) is -1.16. The molecule has 79 heavy (non-hydrogen) atoms. The third-order valence-corrected chi connectivity index (χ3v) is 15.9. The smallest absolute Gasteiger partial charge is 0.312 e. The van der Waals surface area contributed by atoms with E-state index in [9.17, 15) is 51.6 Å². The molecule has 0 aromatic heterocycles. The van der Waals surface area contributed by atoms with Gasteiger partial charge in [-0.05, 0) is 93.0 Å². The molecular formula is C57H84N10O11S. The average molecular weight is 1120 g/mol. The minimum Gasteiger partial charge on any atom is -0.352 e. The highest BCUT2D eigenvalue weighted by molar-refractivity contribution is 7.90. The fourth-order valence-electron chi connectivity index (χ4n) is 9.52. The van der Waals surface area contributed by atoms with Gasteiger partial charge >= 0.3 is 6.03 Å². The Morgan fingerprint density at radius 3 is 1.91 bits per heavy atom. The fraction of sp³-hybridized carbons (Fsp3) is 0.561. The number of unbranched alkanes of at least 4 members (excludes halogenated alkanes) is 2. The maximum absolute atomic E-state index is 14.4. The lowest BCUT2D eigenvalue weighted by Crippen LogP contribution is -2.61. The van der Waals surface area contributed by atoms with Crippen molar-refractivity contribution in [3.05, 3.63) is 89.5 Å². The molecule has 1 saturated carbocycles. The summed E-state index contributed by atoms with van der Waals surface area (Å²) in [6.07, 6.45) is 6.86. The van der Waals surface area contributed by atoms with Crippen LogP contribution >= 0.6 is 0 Å². The van der Waals surface area contributed by atoms with Crippen LogP contribution in [0.1, 0.15) is 132 Å². The molecule has 0 saturated heterocycles. The normalized spacial score (nSPS) is 16.3. The molecule has 1 fully saturated rings. The first kappa shape index (κ1) is 64.6. The molecule has 2 aromatic carbocycles. The van der Waals surface area contributed by atoms with Crippen molar-refractivity contribution in [3.8, 4) is 0 Å². The van der Waals surface area contributed by atoms with Gasteiger partial charge in [0.15, 0.2) is 0 Å². The van der Waals surface area contributed by atoms with Gasteiger partial charge in [-0.2, -0.15) is 0 Å². The number of rotatable bonds is 29. The second-order valence-corrected chi connectivity index (χ2v) is 24.6. The Kier molecular flexibility index (Phi) is 22.7. The summed E-state index contributed by atoms with van der Waals surface area (Å²) in [6, 6.07) is 10.1. The molecular weight excluding hydrogens is 1030 g/mol. The highest BCUT2D eigenvalue weighted by atomic mass is 32.2. The predicted octanol–water partition coefficient (Wildman–Crippen LogP) is 3.68. The maximum atomic E-state index is 14.4. The van der Waals surface area contributed by atoms with Crippen LogP contribution in [0.25, 0.3) is 0 Å². The predicted molar refractivity (Wildman–Crippen MR) is 300 cm³/mol. The van der Waals surface area contributed by atoms with Gasteiger partial charge in [0.25, 0.3) is 27.7 Å². The molecule has 4 rings (SSSR count). The SMILES string of the molecule is CNC(C(=O)NC(C(=O)N(C)C(C=C(C)C(=O)NS(=O)(=O)c1ccc(C2(NC(=O)C(CCCNC(N)=O)NC(=O)C(NC(=O)CCCCCN3C(=O)C=CC3=O)C(C)C)CC2)cc1)C(C)C)C(C)(C)C)C(C)(C)c1ccccc1. The van der Waals surface area contributed by atoms with E-state index in [0.717, 1.165) is 10.5 Å². The van der Waals surface area contributed by atoms with Gasteiger partial charge in [0.1, 0.15) is 18.1 Å². The molecule has 2 aromatic rings. The highest BCUT2D eigenvalue weighted by Crippen LogP contribution is 2.46. The molecule has 0 bridgehead atoms. The van der Waals surface area contributed by atoms with Crippen molar-refractivity contribution >= 4 is 63.3 Å². The first-order chi connectivity index (χ1) is 36.9. The van der Waals surface area contributed by atoms with Gasteiger partial charge in [-0.1, -0.05) is 117 Å². The summed E-state index contributed by atoms with van der Waals surface area (Å²) in [5, 5.41) is 17.2. The Hall–Kier alpha value is -6.94. The fourth-order valence-corrected chi connectivity index (χ4v) is 10.5. The van der Waals surface area contributed by atoms with E-state index < -0.39 is 92.2 Å². The Balaban J connectivity index is 1.42. The van der Waals surface area contributed by atoms with E-state index in [1.165, 1.54) is 54.3 Å². The molecule has 0 radical (unpaired) electrons. The molecule has 5 atom stereocenters. The zero-order valence-electron chi connectivity index (χ0n) is 47.9. The van der Waals surface area contributed by atoms with E-state index in [0.29, 0.717) is 37.7 Å². The number of imide groups is 1. The molecule has 9 N–H and O–H groups in total. The van der Waals surface area contributed by atoms with Gasteiger partial charge in [0.05, 0.1) is 22.5 Å². The quantitative estimate of drug-likeness (QED) is 0.0329. The van der Waals surface area contributed by atoms with E-state index in [1.54, 1.807) is 27.9 Å². The molecule has 22 heteroatoms. The van der Waals surface area contributed by atoms with Gasteiger partial charge in [0.2, 0.25) is 29.5 Å². The average Bonchev–Trinajstić information content (AvgIpc) is 4.12. The van der Waals surface area contributed by atoms with Crippen LogP contribution in [0.5, 0.6) is 0 Å². The lowest BCUT2D eigenvalue weighted by molar-refractivity contribution is -0.141. The van der Waals surface area contributed by atoms with Crippen LogP contribution in [0.3, 0.4) is 0 Å². The van der Waals surface area contributed by atoms with Gasteiger partial charge in [-0.3, -0.25) is 43.3 Å². The Morgan fingerprint density at radius 2 is 1.38 bits per heavy atom. The summed E-state index contributed by atoms with van der Waals surface area (Å²) in [6.45, 7) is 18.5. The molecule has 21 nitrogen and oxygen atoms in total. The van der Waals surface area contributed by atoms with E-state index in [-0.39, 0.29) is 72.4 Å². The van der Waals surface area contributed by atoms with Crippen molar-refractivity contribution in [3.63, 3.8) is 0 Å². The molecule has 1 aliphatic heterocycles. The Bertz CT molecular complexity index is 2700. The third kappa shape index (κ3) is 17.8. The van der Waals surface area contributed by atoms with Crippen LogP contribution in [0.2, 0.25) is 0 Å². The monoisotopic (exact) mass is 1120 g/mol. The second kappa shape index (κ2) is 27.8. The van der Waals surface area contributed by atoms with Gasteiger partial charge in [-0.25, -0.2) is 17.9 Å². The summed E-state index contributed by atoms with van der Waals surface area (Å²) < 4.78 is 29.6. The van der Waals surface area contributed by atoms with Crippen LogP contribution in [0.4, 0.5) is 4.79 Å². The van der Waals surface area contributed by atoms with Gasteiger partial charge in [-0.15, -0.1) is 0 Å². The molecule has 2 aliphatic rings. The number of hydrogen-bond donors (Lipinski definition) is 8. The number of nitrogens with two attached hydrogens (primary N) is 1. The summed E-state index contributed by atoms with van der Waals surface area (Å²) in [5.74, 6) is -4.60. The molecule has 10 amide bonds. The van der Waals surface area contributed by atoms with Crippen molar-refractivity contribution in [2.24, 2.45) is 23.0 Å². The number of hydrogen-bond acceptors (Lipinski definition) is 12. The standard InChI is InChI=1S/C57H84N10O11S/c1-35(2)42(66(12)53(75)48(55(6,7)8)63-52(74)47(59-11)56(9,10)38-20-15-13-16-21-38)34-37(5)49(71)65-79(77,78)40-26-24-39(25-27-40)57(30-31-57)64-50(72)41(22-19-32-60-54(58)76)61-51(73)46(36(3)4)62-43(68)23-17-14-18-33-67-44(69)28-29-45(67)70/h13,15-16,20-21,24-29,34-36,41-42,46-48,59H,14,17-19,22-23,30-33H2,1-12H3,(H,61,73)(H,62,68)(H,63,74)(H,64,72)(H,65,71)(H3,58,60,76). The minimum absolute atomic E-state index is 0.0290. The van der Waals surface area contributed by atoms with E-state index in [4.69, 9.17) is 5.73 Å². The number of amides is 10. The van der Waals surface area contributed by atoms with Crippen LogP contribution in [-0.2, 0) is 59.3 Å². The molecule has 0 spiro atoms. The maximum Gasteiger partial charge on any atom is 0.312 e. The van der Waals surface area contributed by atoms with Gasteiger partial charge < -0.3 is 42.5 Å². The van der Waals surface area contributed by atoms with E-state index in [2.05, 4.69) is 36.6 Å². The van der Waals surface area contributed by atoms with Gasteiger partial charge in [0, 0.05) is 49.7 Å². The van der Waals surface area contributed by atoms with Crippen molar-refractivity contribution in [1.29, 1.82) is 0 Å². The van der Waals surface area contributed by atoms with Crippen molar-refractivity contribution in [2.45, 2.75) is 167 Å². The zero-order chi connectivity index (χ0) is 59.2. The van der Waals surface area contributed by atoms with E-state index >= 15 is 0 Å². The number of carbonyl (C=O) groups excluding carboxylic acids is 9.